The Bertz CT molecular complexity index is 340. The van der Waals surface area contributed by atoms with Crippen molar-refractivity contribution < 1.29 is 4.74 Å². The molecule has 0 saturated heterocycles. The normalized spacial score (nSPS) is 10.8. The molecule has 0 bridgehead atoms. The van der Waals surface area contributed by atoms with Crippen LogP contribution in [0.25, 0.3) is 0 Å². The number of nitrogens with one attached hydrogen (secondary N) is 1. The highest BCUT2D eigenvalue weighted by molar-refractivity contribution is 9.10. The third kappa shape index (κ3) is 10.8. The van der Waals surface area contributed by atoms with Crippen LogP contribution < -0.4 is 10.1 Å². The van der Waals surface area contributed by atoms with Crippen LogP contribution in [-0.4, -0.2) is 19.7 Å². The zero-order chi connectivity index (χ0) is 15.2. The summed E-state index contributed by atoms with van der Waals surface area (Å²) in [5.41, 5.74) is 0. The van der Waals surface area contributed by atoms with Gasteiger partial charge in [-0.25, -0.2) is 0 Å². The summed E-state index contributed by atoms with van der Waals surface area (Å²) in [6.07, 6.45) is 11.0. The van der Waals surface area contributed by atoms with E-state index >= 15 is 0 Å². The molecule has 0 saturated carbocycles. The Morgan fingerprint density at radius 2 is 1.48 bits per heavy atom. The van der Waals surface area contributed by atoms with Gasteiger partial charge < -0.3 is 10.1 Å². The van der Waals surface area contributed by atoms with E-state index in [1.807, 2.05) is 24.3 Å². The molecule has 0 radical (unpaired) electrons. The minimum absolute atomic E-state index is 0.735. The molecule has 0 fully saturated rings. The van der Waals surface area contributed by atoms with Crippen LogP contribution in [0, 0.1) is 0 Å². The van der Waals surface area contributed by atoms with Gasteiger partial charge in [0.25, 0.3) is 0 Å². The summed E-state index contributed by atoms with van der Waals surface area (Å²) in [6, 6.07) is 7.98. The molecule has 1 aromatic carbocycles. The third-order valence-corrected chi connectivity index (χ3v) is 4.10. The van der Waals surface area contributed by atoms with E-state index in [1.165, 1.54) is 51.4 Å². The number of hydrogen-bond acceptors (Lipinski definition) is 2. The topological polar surface area (TPSA) is 21.3 Å². The molecule has 0 spiro atoms. The van der Waals surface area contributed by atoms with E-state index in [-0.39, 0.29) is 0 Å². The van der Waals surface area contributed by atoms with Crippen LogP contribution in [-0.2, 0) is 0 Å². The number of unbranched alkanes of at least 4 members (excludes halogenated alkanes) is 7. The fourth-order valence-electron chi connectivity index (χ4n) is 2.28. The van der Waals surface area contributed by atoms with Crippen molar-refractivity contribution in [2.75, 3.05) is 19.7 Å². The summed E-state index contributed by atoms with van der Waals surface area (Å²) in [5.74, 6) is 0.937. The van der Waals surface area contributed by atoms with Crippen LogP contribution in [0.15, 0.2) is 28.7 Å². The molecule has 0 amide bonds. The van der Waals surface area contributed by atoms with Gasteiger partial charge >= 0.3 is 0 Å². The fraction of sp³-hybridized carbons (Fsp3) is 0.667. The fourth-order valence-corrected chi connectivity index (χ4v) is 2.55. The van der Waals surface area contributed by atoms with Gasteiger partial charge in [0.05, 0.1) is 0 Å². The molecule has 0 aliphatic carbocycles. The Labute approximate surface area is 138 Å². The summed E-state index contributed by atoms with van der Waals surface area (Å²) in [6.45, 7) is 5.04. The van der Waals surface area contributed by atoms with Gasteiger partial charge in [0.2, 0.25) is 0 Å². The molecule has 0 aromatic heterocycles. The first-order valence-electron chi connectivity index (χ1n) is 8.42. The SMILES string of the molecule is CCCCCCCCCCNCCOc1ccc(Br)cc1. The predicted octanol–water partition coefficient (Wildman–Crippen LogP) is 5.56. The zero-order valence-corrected chi connectivity index (χ0v) is 15.0. The summed E-state index contributed by atoms with van der Waals surface area (Å²) in [5, 5.41) is 3.44. The molecule has 21 heavy (non-hydrogen) atoms. The summed E-state index contributed by atoms with van der Waals surface area (Å²) < 4.78 is 6.75. The second-order valence-electron chi connectivity index (χ2n) is 5.53. The van der Waals surface area contributed by atoms with Gasteiger partial charge in [0.1, 0.15) is 12.4 Å². The summed E-state index contributed by atoms with van der Waals surface area (Å²) >= 11 is 3.42. The van der Waals surface area contributed by atoms with Crippen LogP contribution in [0.5, 0.6) is 5.75 Å². The average molecular weight is 356 g/mol. The maximum absolute atomic E-state index is 5.66. The molecule has 0 aliphatic rings. The average Bonchev–Trinajstić information content (AvgIpc) is 2.50. The molecule has 0 heterocycles. The van der Waals surface area contributed by atoms with Crippen molar-refractivity contribution in [2.24, 2.45) is 0 Å². The number of benzene rings is 1. The highest BCUT2D eigenvalue weighted by atomic mass is 79.9. The van der Waals surface area contributed by atoms with Gasteiger partial charge in [0.15, 0.2) is 0 Å². The van der Waals surface area contributed by atoms with Crippen LogP contribution >= 0.6 is 15.9 Å². The van der Waals surface area contributed by atoms with E-state index in [2.05, 4.69) is 28.2 Å². The number of ether oxygens (including phenoxy) is 1. The molecular formula is C18H30BrNO. The van der Waals surface area contributed by atoms with E-state index in [0.717, 1.165) is 29.9 Å². The first kappa shape index (κ1) is 18.5. The monoisotopic (exact) mass is 355 g/mol. The Morgan fingerprint density at radius 1 is 0.857 bits per heavy atom. The summed E-state index contributed by atoms with van der Waals surface area (Å²) in [4.78, 5) is 0. The Kier molecular flexibility index (Phi) is 11.6. The second-order valence-corrected chi connectivity index (χ2v) is 6.44. The van der Waals surface area contributed by atoms with Crippen LogP contribution in [0.4, 0.5) is 0 Å². The van der Waals surface area contributed by atoms with Crippen LogP contribution in [0.2, 0.25) is 0 Å². The highest BCUT2D eigenvalue weighted by Gasteiger charge is 1.94. The molecule has 1 aromatic rings. The zero-order valence-electron chi connectivity index (χ0n) is 13.4. The Morgan fingerprint density at radius 3 is 2.14 bits per heavy atom. The third-order valence-electron chi connectivity index (χ3n) is 3.57. The number of halogens is 1. The van der Waals surface area contributed by atoms with Crippen molar-refractivity contribution in [3.8, 4) is 5.75 Å². The molecule has 0 atom stereocenters. The minimum Gasteiger partial charge on any atom is -0.492 e. The lowest BCUT2D eigenvalue weighted by atomic mass is 10.1. The van der Waals surface area contributed by atoms with E-state index in [4.69, 9.17) is 4.74 Å². The van der Waals surface area contributed by atoms with Gasteiger partial charge in [-0.3, -0.25) is 0 Å². The van der Waals surface area contributed by atoms with Crippen molar-refractivity contribution in [1.29, 1.82) is 0 Å². The minimum atomic E-state index is 0.735. The van der Waals surface area contributed by atoms with Gasteiger partial charge in [-0.05, 0) is 37.2 Å². The largest absolute Gasteiger partial charge is 0.492 e. The van der Waals surface area contributed by atoms with E-state index < -0.39 is 0 Å². The van der Waals surface area contributed by atoms with Crippen molar-refractivity contribution >= 4 is 15.9 Å². The summed E-state index contributed by atoms with van der Waals surface area (Å²) in [7, 11) is 0. The number of rotatable bonds is 13. The first-order valence-corrected chi connectivity index (χ1v) is 9.21. The van der Waals surface area contributed by atoms with Crippen LogP contribution in [0.1, 0.15) is 58.3 Å². The van der Waals surface area contributed by atoms with Gasteiger partial charge in [-0.15, -0.1) is 0 Å². The van der Waals surface area contributed by atoms with E-state index in [1.54, 1.807) is 0 Å². The predicted molar refractivity (Wildman–Crippen MR) is 95.1 cm³/mol. The smallest absolute Gasteiger partial charge is 0.119 e. The molecular weight excluding hydrogens is 326 g/mol. The van der Waals surface area contributed by atoms with Crippen molar-refractivity contribution in [3.05, 3.63) is 28.7 Å². The quantitative estimate of drug-likeness (QED) is 0.467. The molecule has 0 unspecified atom stereocenters. The standard InChI is InChI=1S/C18H30BrNO/c1-2-3-4-5-6-7-8-9-14-20-15-16-21-18-12-10-17(19)11-13-18/h10-13,20H,2-9,14-16H2,1H3. The molecule has 3 heteroatoms. The first-order chi connectivity index (χ1) is 10.3. The van der Waals surface area contributed by atoms with Crippen molar-refractivity contribution in [2.45, 2.75) is 58.3 Å². The Balaban J connectivity index is 1.81. The van der Waals surface area contributed by atoms with Crippen LogP contribution in [0.3, 0.4) is 0 Å². The van der Waals surface area contributed by atoms with Gasteiger partial charge in [-0.2, -0.15) is 0 Å². The van der Waals surface area contributed by atoms with E-state index in [9.17, 15) is 0 Å². The lowest BCUT2D eigenvalue weighted by Crippen LogP contribution is -2.22. The molecule has 2 nitrogen and oxygen atoms in total. The van der Waals surface area contributed by atoms with Gasteiger partial charge in [-0.1, -0.05) is 67.8 Å². The Hall–Kier alpha value is -0.540. The molecule has 1 N–H and O–H groups in total. The van der Waals surface area contributed by atoms with E-state index in [0.29, 0.717) is 0 Å². The molecule has 120 valence electrons. The van der Waals surface area contributed by atoms with Crippen molar-refractivity contribution in [3.63, 3.8) is 0 Å². The van der Waals surface area contributed by atoms with Gasteiger partial charge in [0, 0.05) is 11.0 Å². The lowest BCUT2D eigenvalue weighted by molar-refractivity contribution is 0.313. The molecule has 1 rings (SSSR count). The molecule has 0 aliphatic heterocycles. The maximum Gasteiger partial charge on any atom is 0.119 e. The maximum atomic E-state index is 5.66. The lowest BCUT2D eigenvalue weighted by Gasteiger charge is -2.07. The highest BCUT2D eigenvalue weighted by Crippen LogP contribution is 2.15. The second kappa shape index (κ2) is 13.1. The van der Waals surface area contributed by atoms with Crippen molar-refractivity contribution in [1.82, 2.24) is 5.32 Å². The number of hydrogen-bond donors (Lipinski definition) is 1.